The first kappa shape index (κ1) is 13.6. The second kappa shape index (κ2) is 5.90. The zero-order valence-electron chi connectivity index (χ0n) is 11.1. The number of carbonyl (C=O) groups excluding carboxylic acids is 3. The first-order valence-electron chi connectivity index (χ1n) is 6.66. The monoisotopic (exact) mass is 268 g/mol. The van der Waals surface area contributed by atoms with Gasteiger partial charge in [0.15, 0.2) is 0 Å². The quantitative estimate of drug-likeness (QED) is 0.600. The number of amides is 4. The molecule has 2 aliphatic rings. The van der Waals surface area contributed by atoms with Crippen molar-refractivity contribution in [3.05, 3.63) is 0 Å². The van der Waals surface area contributed by atoms with Crippen LogP contribution in [0.25, 0.3) is 0 Å². The molecule has 19 heavy (non-hydrogen) atoms. The molecule has 0 bridgehead atoms. The maximum atomic E-state index is 11.8. The second-order valence-electron chi connectivity index (χ2n) is 5.20. The Morgan fingerprint density at radius 2 is 2.32 bits per heavy atom. The fourth-order valence-electron chi connectivity index (χ4n) is 2.35. The van der Waals surface area contributed by atoms with Crippen molar-refractivity contribution in [3.8, 4) is 0 Å². The number of nitrogens with one attached hydrogen (secondary N) is 3. The third-order valence-corrected chi connectivity index (χ3v) is 3.42. The van der Waals surface area contributed by atoms with Gasteiger partial charge in [-0.1, -0.05) is 6.92 Å². The molecule has 106 valence electrons. The second-order valence-corrected chi connectivity index (χ2v) is 5.20. The molecule has 2 fully saturated rings. The van der Waals surface area contributed by atoms with Gasteiger partial charge in [0, 0.05) is 32.6 Å². The number of hydrogen-bond acceptors (Lipinski definition) is 3. The molecule has 2 saturated heterocycles. The van der Waals surface area contributed by atoms with Crippen molar-refractivity contribution in [3.63, 3.8) is 0 Å². The van der Waals surface area contributed by atoms with Crippen LogP contribution in [0.1, 0.15) is 19.8 Å². The number of urea groups is 1. The normalized spacial score (nSPS) is 24.1. The fourth-order valence-corrected chi connectivity index (χ4v) is 2.35. The van der Waals surface area contributed by atoms with E-state index in [1.165, 1.54) is 0 Å². The van der Waals surface area contributed by atoms with Gasteiger partial charge in [-0.2, -0.15) is 0 Å². The minimum Gasteiger partial charge on any atom is -0.354 e. The van der Waals surface area contributed by atoms with Gasteiger partial charge in [0.25, 0.3) is 0 Å². The zero-order chi connectivity index (χ0) is 13.8. The molecule has 2 atom stereocenters. The first-order valence-corrected chi connectivity index (χ1v) is 6.66. The summed E-state index contributed by atoms with van der Waals surface area (Å²) in [5.74, 6) is 0.222. The highest BCUT2D eigenvalue weighted by Crippen LogP contribution is 2.11. The fraction of sp³-hybridized carbons (Fsp3) is 0.750. The predicted molar refractivity (Wildman–Crippen MR) is 68.3 cm³/mol. The Hall–Kier alpha value is -1.79. The van der Waals surface area contributed by atoms with Crippen LogP contribution in [0.5, 0.6) is 0 Å². The number of likely N-dealkylation sites (tertiary alicyclic amines) is 1. The van der Waals surface area contributed by atoms with Gasteiger partial charge in [-0.25, -0.2) is 4.79 Å². The van der Waals surface area contributed by atoms with E-state index in [4.69, 9.17) is 0 Å². The first-order chi connectivity index (χ1) is 9.06. The van der Waals surface area contributed by atoms with Crippen LogP contribution in [0.2, 0.25) is 0 Å². The van der Waals surface area contributed by atoms with E-state index in [0.717, 1.165) is 13.0 Å². The van der Waals surface area contributed by atoms with E-state index in [0.29, 0.717) is 26.1 Å². The average molecular weight is 268 g/mol. The van der Waals surface area contributed by atoms with Gasteiger partial charge < -0.3 is 20.9 Å². The molecule has 7 nitrogen and oxygen atoms in total. The van der Waals surface area contributed by atoms with Crippen LogP contribution in [0, 0.1) is 5.92 Å². The maximum absolute atomic E-state index is 11.8. The lowest BCUT2D eigenvalue weighted by Gasteiger charge is -2.21. The number of carbonyl (C=O) groups is 3. The number of rotatable bonds is 5. The van der Waals surface area contributed by atoms with Crippen molar-refractivity contribution in [1.82, 2.24) is 20.9 Å². The summed E-state index contributed by atoms with van der Waals surface area (Å²) in [6, 6.07) is -0.802. The molecule has 0 aromatic carbocycles. The summed E-state index contributed by atoms with van der Waals surface area (Å²) in [7, 11) is 0. The molecular formula is C12H20N4O3. The topological polar surface area (TPSA) is 90.5 Å². The smallest absolute Gasteiger partial charge is 0.315 e. The lowest BCUT2D eigenvalue weighted by atomic mass is 10.1. The number of hydrogen-bond donors (Lipinski definition) is 3. The minimum absolute atomic E-state index is 0.182. The molecular weight excluding hydrogens is 248 g/mol. The van der Waals surface area contributed by atoms with Gasteiger partial charge in [0.1, 0.15) is 6.04 Å². The van der Waals surface area contributed by atoms with Crippen LogP contribution in [0.15, 0.2) is 0 Å². The molecule has 0 saturated carbocycles. The molecule has 0 radical (unpaired) electrons. The van der Waals surface area contributed by atoms with Crippen LogP contribution in [-0.4, -0.2) is 55.0 Å². The summed E-state index contributed by atoms with van der Waals surface area (Å²) >= 11 is 0. The standard InChI is InChI=1S/C12H20N4O3/c1-8(7-16-4-2-3-10(16)17)5-13-11(18)9-6-14-12(19)15-9/h8-9H,2-7H2,1H3,(H,13,18)(H2,14,15,19). The minimum atomic E-state index is -0.492. The summed E-state index contributed by atoms with van der Waals surface area (Å²) in [5, 5.41) is 7.87. The Morgan fingerprint density at radius 1 is 1.53 bits per heavy atom. The lowest BCUT2D eigenvalue weighted by Crippen LogP contribution is -2.45. The highest BCUT2D eigenvalue weighted by atomic mass is 16.2. The van der Waals surface area contributed by atoms with E-state index < -0.39 is 6.04 Å². The van der Waals surface area contributed by atoms with Crippen LogP contribution in [0.4, 0.5) is 4.79 Å². The third-order valence-electron chi connectivity index (χ3n) is 3.42. The van der Waals surface area contributed by atoms with E-state index in [-0.39, 0.29) is 23.8 Å². The SMILES string of the molecule is CC(CNC(=O)C1CNC(=O)N1)CN1CCCC1=O. The molecule has 0 spiro atoms. The highest BCUT2D eigenvalue weighted by Gasteiger charge is 2.27. The van der Waals surface area contributed by atoms with Crippen molar-refractivity contribution in [2.45, 2.75) is 25.8 Å². The molecule has 0 aromatic heterocycles. The van der Waals surface area contributed by atoms with E-state index in [1.54, 1.807) is 0 Å². The Labute approximate surface area is 112 Å². The molecule has 2 heterocycles. The van der Waals surface area contributed by atoms with E-state index in [2.05, 4.69) is 16.0 Å². The van der Waals surface area contributed by atoms with Crippen molar-refractivity contribution in [2.75, 3.05) is 26.2 Å². The molecule has 3 N–H and O–H groups in total. The number of nitrogens with zero attached hydrogens (tertiary/aromatic N) is 1. The van der Waals surface area contributed by atoms with E-state index in [9.17, 15) is 14.4 Å². The molecule has 2 aliphatic heterocycles. The molecule has 0 aromatic rings. The highest BCUT2D eigenvalue weighted by molar-refractivity contribution is 5.90. The molecule has 7 heteroatoms. The Bertz CT molecular complexity index is 385. The summed E-state index contributed by atoms with van der Waals surface area (Å²) < 4.78 is 0. The average Bonchev–Trinajstić information content (AvgIpc) is 2.96. The summed E-state index contributed by atoms with van der Waals surface area (Å²) in [5.41, 5.74) is 0. The van der Waals surface area contributed by atoms with Gasteiger partial charge >= 0.3 is 6.03 Å². The Morgan fingerprint density at radius 3 is 2.89 bits per heavy atom. The van der Waals surface area contributed by atoms with Crippen molar-refractivity contribution < 1.29 is 14.4 Å². The van der Waals surface area contributed by atoms with E-state index >= 15 is 0 Å². The Balaban J connectivity index is 1.68. The van der Waals surface area contributed by atoms with Gasteiger partial charge in [0.2, 0.25) is 11.8 Å². The van der Waals surface area contributed by atoms with Crippen LogP contribution in [-0.2, 0) is 9.59 Å². The third kappa shape index (κ3) is 3.59. The van der Waals surface area contributed by atoms with Crippen molar-refractivity contribution in [1.29, 1.82) is 0 Å². The van der Waals surface area contributed by atoms with Gasteiger partial charge in [-0.3, -0.25) is 9.59 Å². The maximum Gasteiger partial charge on any atom is 0.315 e. The summed E-state index contributed by atoms with van der Waals surface area (Å²) in [6.45, 7) is 4.32. The summed E-state index contributed by atoms with van der Waals surface area (Å²) in [6.07, 6.45) is 1.57. The summed E-state index contributed by atoms with van der Waals surface area (Å²) in [4.78, 5) is 36.0. The van der Waals surface area contributed by atoms with Gasteiger partial charge in [0.05, 0.1) is 0 Å². The van der Waals surface area contributed by atoms with Crippen molar-refractivity contribution >= 4 is 17.8 Å². The van der Waals surface area contributed by atoms with Crippen LogP contribution in [0.3, 0.4) is 0 Å². The van der Waals surface area contributed by atoms with Gasteiger partial charge in [-0.05, 0) is 12.3 Å². The molecule has 4 amide bonds. The largest absolute Gasteiger partial charge is 0.354 e. The van der Waals surface area contributed by atoms with Crippen LogP contribution < -0.4 is 16.0 Å². The molecule has 0 aliphatic carbocycles. The predicted octanol–water partition coefficient (Wildman–Crippen LogP) is -0.957. The lowest BCUT2D eigenvalue weighted by molar-refractivity contribution is -0.128. The zero-order valence-corrected chi connectivity index (χ0v) is 11.1. The molecule has 2 rings (SSSR count). The Kier molecular flexibility index (Phi) is 4.24. The van der Waals surface area contributed by atoms with Crippen LogP contribution >= 0.6 is 0 Å². The molecule has 2 unspecified atom stereocenters. The van der Waals surface area contributed by atoms with Crippen molar-refractivity contribution in [2.24, 2.45) is 5.92 Å². The van der Waals surface area contributed by atoms with Gasteiger partial charge in [-0.15, -0.1) is 0 Å². The van der Waals surface area contributed by atoms with E-state index in [1.807, 2.05) is 11.8 Å².